The standard InChI is InChI=1S/C12H16F3N3O/c1-2-18(6-5-16)10-4-3-8(12(13,14)15)7-9(10)11(17)19/h3-4,7H,2,5-6,16H2,1H3,(H2,17,19). The maximum atomic E-state index is 12.6. The lowest BCUT2D eigenvalue weighted by Crippen LogP contribution is -2.31. The molecule has 0 saturated carbocycles. The summed E-state index contributed by atoms with van der Waals surface area (Å²) in [6, 6.07) is 2.96. The number of hydrogen-bond donors (Lipinski definition) is 2. The Hall–Kier alpha value is -1.76. The number of likely N-dealkylation sites (N-methyl/N-ethyl adjacent to an activating group) is 1. The number of carbonyl (C=O) groups is 1. The molecule has 1 rings (SSSR count). The Kier molecular flexibility index (Phi) is 4.77. The number of halogens is 3. The van der Waals surface area contributed by atoms with Gasteiger partial charge in [0.05, 0.1) is 11.1 Å². The summed E-state index contributed by atoms with van der Waals surface area (Å²) in [6.07, 6.45) is -4.51. The third-order valence-corrected chi connectivity index (χ3v) is 2.71. The van der Waals surface area contributed by atoms with Gasteiger partial charge in [-0.2, -0.15) is 13.2 Å². The van der Waals surface area contributed by atoms with E-state index in [1.54, 1.807) is 4.90 Å². The van der Waals surface area contributed by atoms with Gasteiger partial charge in [-0.25, -0.2) is 0 Å². The summed E-state index contributed by atoms with van der Waals surface area (Å²) in [5.74, 6) is -0.892. The monoisotopic (exact) mass is 275 g/mol. The van der Waals surface area contributed by atoms with Crippen LogP contribution in [-0.4, -0.2) is 25.5 Å². The predicted molar refractivity (Wildman–Crippen MR) is 66.9 cm³/mol. The van der Waals surface area contributed by atoms with Crippen molar-refractivity contribution in [1.29, 1.82) is 0 Å². The van der Waals surface area contributed by atoms with Crippen molar-refractivity contribution in [3.63, 3.8) is 0 Å². The normalized spacial score (nSPS) is 11.4. The van der Waals surface area contributed by atoms with E-state index in [1.165, 1.54) is 6.07 Å². The summed E-state index contributed by atoms with van der Waals surface area (Å²) in [7, 11) is 0. The highest BCUT2D eigenvalue weighted by Gasteiger charge is 2.32. The molecule has 106 valence electrons. The molecule has 4 nitrogen and oxygen atoms in total. The van der Waals surface area contributed by atoms with E-state index in [0.29, 0.717) is 25.3 Å². The van der Waals surface area contributed by atoms with Crippen LogP contribution >= 0.6 is 0 Å². The highest BCUT2D eigenvalue weighted by molar-refractivity contribution is 5.99. The highest BCUT2D eigenvalue weighted by Crippen LogP contribution is 2.32. The van der Waals surface area contributed by atoms with Gasteiger partial charge < -0.3 is 16.4 Å². The largest absolute Gasteiger partial charge is 0.416 e. The molecule has 1 aromatic carbocycles. The minimum atomic E-state index is -4.51. The topological polar surface area (TPSA) is 72.3 Å². The summed E-state index contributed by atoms with van der Waals surface area (Å²) in [4.78, 5) is 13.0. The van der Waals surface area contributed by atoms with Crippen molar-refractivity contribution in [1.82, 2.24) is 0 Å². The number of alkyl halides is 3. The summed E-state index contributed by atoms with van der Waals surface area (Å²) in [6.45, 7) is 3.09. The van der Waals surface area contributed by atoms with Gasteiger partial charge in [-0.3, -0.25) is 4.79 Å². The summed E-state index contributed by atoms with van der Waals surface area (Å²) in [5, 5.41) is 0. The van der Waals surface area contributed by atoms with Crippen LogP contribution in [0.2, 0.25) is 0 Å². The second-order valence-electron chi connectivity index (χ2n) is 3.96. The minimum Gasteiger partial charge on any atom is -0.370 e. The van der Waals surface area contributed by atoms with Gasteiger partial charge in [-0.1, -0.05) is 0 Å². The van der Waals surface area contributed by atoms with Crippen molar-refractivity contribution in [2.45, 2.75) is 13.1 Å². The maximum Gasteiger partial charge on any atom is 0.416 e. The van der Waals surface area contributed by atoms with Crippen LogP contribution in [0, 0.1) is 0 Å². The lowest BCUT2D eigenvalue weighted by molar-refractivity contribution is -0.137. The lowest BCUT2D eigenvalue weighted by atomic mass is 10.1. The minimum absolute atomic E-state index is 0.148. The van der Waals surface area contributed by atoms with Crippen molar-refractivity contribution in [3.05, 3.63) is 29.3 Å². The third kappa shape index (κ3) is 3.60. The Labute approximate surface area is 109 Å². The van der Waals surface area contributed by atoms with Crippen molar-refractivity contribution < 1.29 is 18.0 Å². The van der Waals surface area contributed by atoms with Crippen molar-refractivity contribution in [2.75, 3.05) is 24.5 Å². The van der Waals surface area contributed by atoms with Crippen LogP contribution in [0.5, 0.6) is 0 Å². The van der Waals surface area contributed by atoms with Gasteiger partial charge in [0.2, 0.25) is 0 Å². The SMILES string of the molecule is CCN(CCN)c1ccc(C(F)(F)F)cc1C(N)=O. The van der Waals surface area contributed by atoms with Crippen molar-refractivity contribution in [2.24, 2.45) is 11.5 Å². The third-order valence-electron chi connectivity index (χ3n) is 2.71. The molecule has 0 heterocycles. The van der Waals surface area contributed by atoms with Gasteiger partial charge in [0.25, 0.3) is 5.91 Å². The maximum absolute atomic E-state index is 12.6. The summed E-state index contributed by atoms with van der Waals surface area (Å²) >= 11 is 0. The zero-order valence-electron chi connectivity index (χ0n) is 10.5. The number of rotatable bonds is 5. The molecular weight excluding hydrogens is 259 g/mol. The molecule has 0 aliphatic heterocycles. The molecule has 1 aromatic rings. The smallest absolute Gasteiger partial charge is 0.370 e. The summed E-state index contributed by atoms with van der Waals surface area (Å²) in [5.41, 5.74) is 9.91. The summed E-state index contributed by atoms with van der Waals surface area (Å²) < 4.78 is 37.8. The van der Waals surface area contributed by atoms with E-state index in [-0.39, 0.29) is 5.56 Å². The molecule has 0 spiro atoms. The quantitative estimate of drug-likeness (QED) is 0.857. The molecule has 0 fully saturated rings. The zero-order valence-corrected chi connectivity index (χ0v) is 10.5. The number of primary amides is 1. The van der Waals surface area contributed by atoms with Gasteiger partial charge in [0.15, 0.2) is 0 Å². The fraction of sp³-hybridized carbons (Fsp3) is 0.417. The Morgan fingerprint density at radius 1 is 1.37 bits per heavy atom. The molecule has 0 atom stereocenters. The Morgan fingerprint density at radius 3 is 2.42 bits per heavy atom. The molecule has 0 unspecified atom stereocenters. The van der Waals surface area contributed by atoms with Crippen LogP contribution in [0.15, 0.2) is 18.2 Å². The van der Waals surface area contributed by atoms with E-state index in [2.05, 4.69) is 0 Å². The van der Waals surface area contributed by atoms with Gasteiger partial charge in [0, 0.05) is 25.3 Å². The first-order chi connectivity index (χ1) is 8.81. The molecule has 0 bridgehead atoms. The van der Waals surface area contributed by atoms with E-state index in [1.807, 2.05) is 6.92 Å². The van der Waals surface area contributed by atoms with E-state index in [9.17, 15) is 18.0 Å². The Bertz CT molecular complexity index is 460. The molecule has 0 radical (unpaired) electrons. The molecule has 0 aliphatic carbocycles. The van der Waals surface area contributed by atoms with Crippen molar-refractivity contribution >= 4 is 11.6 Å². The molecule has 0 saturated heterocycles. The molecular formula is C12H16F3N3O. The van der Waals surface area contributed by atoms with Crippen LogP contribution in [0.3, 0.4) is 0 Å². The average Bonchev–Trinajstić information content (AvgIpc) is 2.34. The van der Waals surface area contributed by atoms with Gasteiger partial charge in [0.1, 0.15) is 0 Å². The lowest BCUT2D eigenvalue weighted by Gasteiger charge is -2.25. The number of anilines is 1. The number of nitrogens with two attached hydrogens (primary N) is 2. The number of amides is 1. The number of nitrogens with zero attached hydrogens (tertiary/aromatic N) is 1. The number of carbonyl (C=O) groups excluding carboxylic acids is 1. The number of hydrogen-bond acceptors (Lipinski definition) is 3. The van der Waals surface area contributed by atoms with Crippen LogP contribution in [0.4, 0.5) is 18.9 Å². The fourth-order valence-corrected chi connectivity index (χ4v) is 1.79. The van der Waals surface area contributed by atoms with Crippen LogP contribution in [0.25, 0.3) is 0 Å². The van der Waals surface area contributed by atoms with E-state index >= 15 is 0 Å². The predicted octanol–water partition coefficient (Wildman–Crippen LogP) is 1.59. The van der Waals surface area contributed by atoms with Crippen LogP contribution in [0.1, 0.15) is 22.8 Å². The molecule has 7 heteroatoms. The van der Waals surface area contributed by atoms with E-state index < -0.39 is 17.6 Å². The van der Waals surface area contributed by atoms with Gasteiger partial charge in [-0.15, -0.1) is 0 Å². The molecule has 4 N–H and O–H groups in total. The average molecular weight is 275 g/mol. The molecule has 0 aromatic heterocycles. The van der Waals surface area contributed by atoms with E-state index in [0.717, 1.165) is 12.1 Å². The Balaban J connectivity index is 3.29. The van der Waals surface area contributed by atoms with Crippen LogP contribution < -0.4 is 16.4 Å². The van der Waals surface area contributed by atoms with Crippen molar-refractivity contribution in [3.8, 4) is 0 Å². The Morgan fingerprint density at radius 2 is 2.00 bits per heavy atom. The van der Waals surface area contributed by atoms with Gasteiger partial charge in [-0.05, 0) is 25.1 Å². The molecule has 0 aliphatic rings. The second-order valence-corrected chi connectivity index (χ2v) is 3.96. The first kappa shape index (κ1) is 15.3. The molecule has 19 heavy (non-hydrogen) atoms. The van der Waals surface area contributed by atoms with Crippen LogP contribution in [-0.2, 0) is 6.18 Å². The zero-order chi connectivity index (χ0) is 14.6. The van der Waals surface area contributed by atoms with E-state index in [4.69, 9.17) is 11.5 Å². The second kappa shape index (κ2) is 5.92. The first-order valence-corrected chi connectivity index (χ1v) is 5.77. The van der Waals surface area contributed by atoms with Gasteiger partial charge >= 0.3 is 6.18 Å². The number of benzene rings is 1. The fourth-order valence-electron chi connectivity index (χ4n) is 1.79. The first-order valence-electron chi connectivity index (χ1n) is 5.77. The highest BCUT2D eigenvalue weighted by atomic mass is 19.4. The molecule has 1 amide bonds.